The van der Waals surface area contributed by atoms with E-state index < -0.39 is 0 Å². The topological polar surface area (TPSA) is 76.6 Å². The second kappa shape index (κ2) is 9.54. The summed E-state index contributed by atoms with van der Waals surface area (Å²) in [6.45, 7) is 7.92. The molecule has 4 heterocycles. The van der Waals surface area contributed by atoms with Crippen LogP contribution >= 0.6 is 0 Å². The highest BCUT2D eigenvalue weighted by Crippen LogP contribution is 2.29. The summed E-state index contributed by atoms with van der Waals surface area (Å²) in [4.78, 5) is 21.6. The van der Waals surface area contributed by atoms with Crippen LogP contribution in [0, 0.1) is 0 Å². The molecule has 1 amide bonds. The Morgan fingerprint density at radius 2 is 2.03 bits per heavy atom. The van der Waals surface area contributed by atoms with Crippen molar-refractivity contribution in [2.24, 2.45) is 0 Å². The number of oxazole rings is 1. The third kappa shape index (κ3) is 4.70. The van der Waals surface area contributed by atoms with Crippen molar-refractivity contribution < 1.29 is 13.9 Å². The summed E-state index contributed by atoms with van der Waals surface area (Å²) in [5.74, 6) is 0.214. The zero-order valence-electron chi connectivity index (χ0n) is 17.3. The van der Waals surface area contributed by atoms with Crippen molar-refractivity contribution in [1.82, 2.24) is 24.6 Å². The second-order valence-electron chi connectivity index (χ2n) is 7.82. The second-order valence-corrected chi connectivity index (χ2v) is 7.82. The molecule has 2 aromatic rings. The molecule has 0 saturated carbocycles. The van der Waals surface area contributed by atoms with Crippen molar-refractivity contribution in [2.75, 3.05) is 39.4 Å². The Morgan fingerprint density at radius 3 is 2.76 bits per heavy atom. The van der Waals surface area contributed by atoms with Crippen LogP contribution in [0.1, 0.15) is 43.9 Å². The van der Waals surface area contributed by atoms with E-state index in [1.54, 1.807) is 6.26 Å². The highest BCUT2D eigenvalue weighted by atomic mass is 16.5. The van der Waals surface area contributed by atoms with Gasteiger partial charge >= 0.3 is 0 Å². The van der Waals surface area contributed by atoms with E-state index in [0.717, 1.165) is 43.0 Å². The van der Waals surface area contributed by atoms with Crippen LogP contribution in [-0.4, -0.2) is 69.9 Å². The Balaban J connectivity index is 1.50. The fraction of sp³-hybridized carbons (Fsp3) is 0.667. The highest BCUT2D eigenvalue weighted by molar-refractivity contribution is 5.79. The monoisotopic (exact) mass is 401 g/mol. The van der Waals surface area contributed by atoms with Gasteiger partial charge in [-0.25, -0.2) is 4.98 Å². The minimum atomic E-state index is 0.214. The quantitative estimate of drug-likeness (QED) is 0.663. The van der Waals surface area contributed by atoms with Gasteiger partial charge in [0.1, 0.15) is 17.7 Å². The first-order valence-electron chi connectivity index (χ1n) is 10.8. The van der Waals surface area contributed by atoms with Gasteiger partial charge in [0, 0.05) is 37.4 Å². The summed E-state index contributed by atoms with van der Waals surface area (Å²) in [5.41, 5.74) is 3.81. The van der Waals surface area contributed by atoms with Crippen molar-refractivity contribution in [3.8, 4) is 11.4 Å². The number of hydrogen-bond acceptors (Lipinski definition) is 6. The normalized spacial score (nSPS) is 17.9. The number of fused-ring (bicyclic) bond motifs is 1. The van der Waals surface area contributed by atoms with E-state index in [9.17, 15) is 4.79 Å². The van der Waals surface area contributed by atoms with Crippen LogP contribution in [0.25, 0.3) is 11.4 Å². The smallest absolute Gasteiger partial charge is 0.237 e. The molecule has 1 saturated heterocycles. The Bertz CT molecular complexity index is 794. The third-order valence-corrected chi connectivity index (χ3v) is 5.87. The predicted molar refractivity (Wildman–Crippen MR) is 108 cm³/mol. The maximum absolute atomic E-state index is 13.0. The molecule has 1 fully saturated rings. The highest BCUT2D eigenvalue weighted by Gasteiger charge is 2.29. The summed E-state index contributed by atoms with van der Waals surface area (Å²) in [7, 11) is 0. The zero-order chi connectivity index (χ0) is 20.1. The van der Waals surface area contributed by atoms with Crippen molar-refractivity contribution >= 4 is 5.91 Å². The third-order valence-electron chi connectivity index (χ3n) is 5.87. The van der Waals surface area contributed by atoms with Gasteiger partial charge in [0.05, 0.1) is 19.7 Å². The van der Waals surface area contributed by atoms with Gasteiger partial charge in [0.25, 0.3) is 0 Å². The van der Waals surface area contributed by atoms with Crippen LogP contribution in [0.15, 0.2) is 17.1 Å². The molecule has 0 aliphatic carbocycles. The first-order valence-corrected chi connectivity index (χ1v) is 10.8. The summed E-state index contributed by atoms with van der Waals surface area (Å²) < 4.78 is 12.7. The van der Waals surface area contributed by atoms with Gasteiger partial charge in [0.2, 0.25) is 5.91 Å². The predicted octanol–water partition coefficient (Wildman–Crippen LogP) is 2.34. The van der Waals surface area contributed by atoms with Gasteiger partial charge in [0.15, 0.2) is 6.39 Å². The first kappa shape index (κ1) is 20.1. The van der Waals surface area contributed by atoms with E-state index in [1.165, 1.54) is 37.8 Å². The molecular formula is C21H31N5O3. The van der Waals surface area contributed by atoms with E-state index in [2.05, 4.69) is 9.88 Å². The van der Waals surface area contributed by atoms with E-state index in [1.807, 2.05) is 16.5 Å². The fourth-order valence-corrected chi connectivity index (χ4v) is 4.30. The van der Waals surface area contributed by atoms with Gasteiger partial charge in [-0.15, -0.1) is 0 Å². The lowest BCUT2D eigenvalue weighted by Crippen LogP contribution is -2.43. The van der Waals surface area contributed by atoms with Gasteiger partial charge in [-0.3, -0.25) is 14.4 Å². The Morgan fingerprint density at radius 1 is 1.21 bits per heavy atom. The van der Waals surface area contributed by atoms with Gasteiger partial charge < -0.3 is 14.1 Å². The molecular weight excluding hydrogens is 370 g/mol. The Labute approximate surface area is 171 Å². The molecule has 158 valence electrons. The van der Waals surface area contributed by atoms with Gasteiger partial charge in [-0.05, 0) is 32.9 Å². The largest absolute Gasteiger partial charge is 0.451 e. The number of carbonyl (C=O) groups is 1. The molecule has 0 unspecified atom stereocenters. The van der Waals surface area contributed by atoms with Gasteiger partial charge in [-0.1, -0.05) is 12.8 Å². The summed E-state index contributed by atoms with van der Waals surface area (Å²) in [6, 6.07) is 0. The van der Waals surface area contributed by atoms with E-state index in [-0.39, 0.29) is 5.91 Å². The average molecular weight is 402 g/mol. The number of likely N-dealkylation sites (tertiary alicyclic amines) is 1. The molecule has 0 N–H and O–H groups in total. The van der Waals surface area contributed by atoms with Crippen LogP contribution in [0.5, 0.6) is 0 Å². The van der Waals surface area contributed by atoms with Crippen molar-refractivity contribution in [3.63, 3.8) is 0 Å². The molecule has 2 aromatic heterocycles. The summed E-state index contributed by atoms with van der Waals surface area (Å²) in [5, 5.41) is 4.79. The molecule has 8 nitrogen and oxygen atoms in total. The lowest BCUT2D eigenvalue weighted by Gasteiger charge is -2.30. The van der Waals surface area contributed by atoms with Crippen LogP contribution in [0.4, 0.5) is 0 Å². The number of ether oxygens (including phenoxy) is 1. The summed E-state index contributed by atoms with van der Waals surface area (Å²) >= 11 is 0. The van der Waals surface area contributed by atoms with Crippen molar-refractivity contribution in [2.45, 2.75) is 52.1 Å². The van der Waals surface area contributed by atoms with E-state index in [4.69, 9.17) is 14.3 Å². The maximum Gasteiger partial charge on any atom is 0.237 e. The number of amides is 1. The molecule has 0 aromatic carbocycles. The number of hydrogen-bond donors (Lipinski definition) is 0. The minimum Gasteiger partial charge on any atom is -0.451 e. The average Bonchev–Trinajstić information content (AvgIpc) is 3.30. The lowest BCUT2D eigenvalue weighted by atomic mass is 10.0. The minimum absolute atomic E-state index is 0.214. The Kier molecular flexibility index (Phi) is 6.61. The number of carbonyl (C=O) groups excluding carboxylic acids is 1. The van der Waals surface area contributed by atoms with Crippen LogP contribution in [0.3, 0.4) is 0 Å². The molecule has 0 bridgehead atoms. The molecule has 0 atom stereocenters. The van der Waals surface area contributed by atoms with Gasteiger partial charge in [-0.2, -0.15) is 5.10 Å². The van der Waals surface area contributed by atoms with Crippen molar-refractivity contribution in [1.29, 1.82) is 0 Å². The molecule has 2 aliphatic rings. The molecule has 0 radical (unpaired) electrons. The maximum atomic E-state index is 13.0. The fourth-order valence-electron chi connectivity index (χ4n) is 4.30. The van der Waals surface area contributed by atoms with Crippen LogP contribution < -0.4 is 0 Å². The van der Waals surface area contributed by atoms with E-state index in [0.29, 0.717) is 32.8 Å². The van der Waals surface area contributed by atoms with E-state index >= 15 is 0 Å². The molecule has 29 heavy (non-hydrogen) atoms. The SMILES string of the molecule is CCOCCn1nc(-c2cocn2)c2c1CCN(C(=O)CN1CCCCCC1)C2. The number of nitrogens with zero attached hydrogens (tertiary/aromatic N) is 5. The lowest BCUT2D eigenvalue weighted by molar-refractivity contribution is -0.133. The molecule has 8 heteroatoms. The number of aromatic nitrogens is 3. The molecule has 0 spiro atoms. The zero-order valence-corrected chi connectivity index (χ0v) is 17.3. The Hall–Kier alpha value is -2.19. The molecule has 4 rings (SSSR count). The standard InChI is InChI=1S/C21H31N5O3/c1-2-28-12-11-26-19-7-10-25(20(27)14-24-8-5-3-4-6-9-24)13-17(19)21(23-26)18-15-29-16-22-18/h15-16H,2-14H2,1H3. The van der Waals surface area contributed by atoms with Crippen molar-refractivity contribution in [3.05, 3.63) is 23.9 Å². The summed E-state index contributed by atoms with van der Waals surface area (Å²) in [6.07, 6.45) is 8.79. The van der Waals surface area contributed by atoms with Crippen LogP contribution in [0.2, 0.25) is 0 Å². The number of rotatable bonds is 7. The first-order chi connectivity index (χ1) is 14.3. The van der Waals surface area contributed by atoms with Crippen LogP contribution in [-0.2, 0) is 29.0 Å². The molecule has 2 aliphatic heterocycles.